The van der Waals surface area contributed by atoms with Crippen LogP contribution in [0, 0.1) is 6.92 Å². The SMILES string of the molecule is Cc1cc2c(s1)=Nc1ccccc1N(C(=O)OC(C)OC=O)C=2N1CCN(C)CC1. The highest BCUT2D eigenvalue weighted by Gasteiger charge is 2.33. The molecule has 2 aromatic rings. The second kappa shape index (κ2) is 8.45. The zero-order valence-electron chi connectivity index (χ0n) is 17.2. The van der Waals surface area contributed by atoms with Gasteiger partial charge in [0.25, 0.3) is 6.47 Å². The minimum Gasteiger partial charge on any atom is -0.428 e. The van der Waals surface area contributed by atoms with Crippen LogP contribution in [-0.2, 0) is 14.3 Å². The van der Waals surface area contributed by atoms with Gasteiger partial charge in [-0.15, -0.1) is 11.3 Å². The summed E-state index contributed by atoms with van der Waals surface area (Å²) >= 11 is 1.60. The fourth-order valence-electron chi connectivity index (χ4n) is 3.65. The van der Waals surface area contributed by atoms with Gasteiger partial charge in [-0.25, -0.2) is 14.7 Å². The fraction of sp³-hybridized carbons (Fsp3) is 0.381. The number of fused-ring (bicyclic) bond motifs is 2. The molecule has 30 heavy (non-hydrogen) atoms. The van der Waals surface area contributed by atoms with Gasteiger partial charge in [0, 0.05) is 38.0 Å². The molecule has 4 rings (SSSR count). The molecule has 1 aromatic heterocycles. The van der Waals surface area contributed by atoms with Crippen molar-refractivity contribution < 1.29 is 19.1 Å². The van der Waals surface area contributed by atoms with Crippen LogP contribution in [0.2, 0.25) is 0 Å². The normalized spacial score (nSPS) is 17.4. The Morgan fingerprint density at radius 1 is 1.23 bits per heavy atom. The third-order valence-corrected chi connectivity index (χ3v) is 6.08. The van der Waals surface area contributed by atoms with E-state index in [1.807, 2.05) is 31.2 Å². The molecule has 1 unspecified atom stereocenters. The number of amides is 1. The number of ether oxygens (including phenoxy) is 2. The van der Waals surface area contributed by atoms with E-state index in [2.05, 4.69) is 22.9 Å². The van der Waals surface area contributed by atoms with Gasteiger partial charge < -0.3 is 19.3 Å². The van der Waals surface area contributed by atoms with Crippen LogP contribution in [0.15, 0.2) is 35.3 Å². The largest absolute Gasteiger partial charge is 0.428 e. The lowest BCUT2D eigenvalue weighted by Gasteiger charge is -2.39. The van der Waals surface area contributed by atoms with Gasteiger partial charge in [0.15, 0.2) is 0 Å². The molecule has 0 radical (unpaired) electrons. The van der Waals surface area contributed by atoms with E-state index in [0.29, 0.717) is 11.4 Å². The smallest absolute Gasteiger partial charge is 0.423 e. The molecule has 2 aliphatic rings. The van der Waals surface area contributed by atoms with E-state index in [0.717, 1.165) is 46.8 Å². The molecule has 1 amide bonds. The van der Waals surface area contributed by atoms with E-state index < -0.39 is 12.4 Å². The van der Waals surface area contributed by atoms with Gasteiger partial charge in [-0.2, -0.15) is 0 Å². The molecule has 158 valence electrons. The average Bonchev–Trinajstić information content (AvgIpc) is 3.01. The van der Waals surface area contributed by atoms with Crippen molar-refractivity contribution in [2.45, 2.75) is 20.1 Å². The predicted molar refractivity (Wildman–Crippen MR) is 114 cm³/mol. The summed E-state index contributed by atoms with van der Waals surface area (Å²) in [5.74, 6) is 0.749. The van der Waals surface area contributed by atoms with Crippen LogP contribution in [0.3, 0.4) is 0 Å². The monoisotopic (exact) mass is 428 g/mol. The predicted octanol–water partition coefficient (Wildman–Crippen LogP) is 1.80. The molecule has 0 bridgehead atoms. The first-order valence-corrected chi connectivity index (χ1v) is 10.6. The third kappa shape index (κ3) is 3.90. The van der Waals surface area contributed by atoms with Crippen LogP contribution in [0.25, 0.3) is 5.82 Å². The number of rotatable bonds is 4. The van der Waals surface area contributed by atoms with Crippen LogP contribution in [0.5, 0.6) is 0 Å². The number of carbonyl (C=O) groups is 2. The third-order valence-electron chi connectivity index (χ3n) is 5.13. The zero-order chi connectivity index (χ0) is 21.3. The molecule has 0 saturated carbocycles. The Kier molecular flexibility index (Phi) is 5.74. The van der Waals surface area contributed by atoms with Gasteiger partial charge >= 0.3 is 6.09 Å². The Morgan fingerprint density at radius 3 is 2.70 bits per heavy atom. The number of benzene rings is 1. The number of nitrogens with zero attached hydrogens (tertiary/aromatic N) is 4. The number of anilines is 1. The number of thiophene rings is 1. The van der Waals surface area contributed by atoms with Crippen molar-refractivity contribution in [3.63, 3.8) is 0 Å². The number of hydrogen-bond donors (Lipinski definition) is 0. The molecule has 9 heteroatoms. The van der Waals surface area contributed by atoms with Crippen LogP contribution in [0.4, 0.5) is 16.2 Å². The van der Waals surface area contributed by atoms with Crippen molar-refractivity contribution in [1.29, 1.82) is 0 Å². The zero-order valence-corrected chi connectivity index (χ0v) is 18.0. The van der Waals surface area contributed by atoms with E-state index in [-0.39, 0.29) is 6.47 Å². The summed E-state index contributed by atoms with van der Waals surface area (Å²) < 4.78 is 11.1. The van der Waals surface area contributed by atoms with Crippen LogP contribution in [-0.4, -0.2) is 61.9 Å². The van der Waals surface area contributed by atoms with Crippen molar-refractivity contribution >= 4 is 41.1 Å². The molecule has 0 spiro atoms. The first kappa shape index (κ1) is 20.4. The highest BCUT2D eigenvalue weighted by molar-refractivity contribution is 7.09. The number of hydrogen-bond acceptors (Lipinski definition) is 8. The summed E-state index contributed by atoms with van der Waals surface area (Å²) in [5, 5.41) is 0.902. The number of aryl methyl sites for hydroxylation is 1. The molecule has 8 nitrogen and oxygen atoms in total. The van der Waals surface area contributed by atoms with Crippen LogP contribution >= 0.6 is 11.3 Å². The Labute approximate surface area is 178 Å². The van der Waals surface area contributed by atoms with Crippen LogP contribution in [0.1, 0.15) is 11.8 Å². The van der Waals surface area contributed by atoms with Crippen molar-refractivity contribution in [3.8, 4) is 0 Å². The topological polar surface area (TPSA) is 74.7 Å². The first-order chi connectivity index (χ1) is 14.5. The summed E-state index contributed by atoms with van der Waals surface area (Å²) in [4.78, 5) is 36.0. The van der Waals surface area contributed by atoms with Gasteiger partial charge in [0.1, 0.15) is 10.5 Å². The van der Waals surface area contributed by atoms with Crippen molar-refractivity contribution in [1.82, 2.24) is 9.80 Å². The van der Waals surface area contributed by atoms with Gasteiger partial charge in [0.2, 0.25) is 6.29 Å². The lowest BCUT2D eigenvalue weighted by molar-refractivity contribution is -0.148. The molecule has 2 aliphatic heterocycles. The minimum absolute atomic E-state index is 0.273. The summed E-state index contributed by atoms with van der Waals surface area (Å²) in [6.07, 6.45) is -1.61. The Hall–Kier alpha value is -2.91. The summed E-state index contributed by atoms with van der Waals surface area (Å²) in [7, 11) is 2.09. The molecular formula is C21H24N4O4S. The van der Waals surface area contributed by atoms with E-state index in [9.17, 15) is 9.59 Å². The molecular weight excluding hydrogens is 404 g/mol. The van der Waals surface area contributed by atoms with E-state index in [1.54, 1.807) is 16.2 Å². The van der Waals surface area contributed by atoms with E-state index in [1.165, 1.54) is 6.92 Å². The maximum Gasteiger partial charge on any atom is 0.423 e. The average molecular weight is 429 g/mol. The molecule has 1 aromatic carbocycles. The maximum atomic E-state index is 13.3. The molecule has 3 heterocycles. The lowest BCUT2D eigenvalue weighted by atomic mass is 10.2. The highest BCUT2D eigenvalue weighted by atomic mass is 32.1. The number of para-hydroxylation sites is 2. The summed E-state index contributed by atoms with van der Waals surface area (Å²) in [5.41, 5.74) is 1.32. The molecule has 1 atom stereocenters. The van der Waals surface area contributed by atoms with Gasteiger partial charge in [-0.3, -0.25) is 4.79 Å². The second-order valence-electron chi connectivity index (χ2n) is 7.31. The Morgan fingerprint density at radius 2 is 1.97 bits per heavy atom. The van der Waals surface area contributed by atoms with Gasteiger partial charge in [0.05, 0.1) is 16.6 Å². The fourth-order valence-corrected chi connectivity index (χ4v) is 4.54. The summed E-state index contributed by atoms with van der Waals surface area (Å²) in [6, 6.07) is 9.56. The Balaban J connectivity index is 1.90. The first-order valence-electron chi connectivity index (χ1n) is 9.80. The lowest BCUT2D eigenvalue weighted by Crippen LogP contribution is -2.51. The van der Waals surface area contributed by atoms with E-state index in [4.69, 9.17) is 14.5 Å². The molecule has 1 saturated heterocycles. The second-order valence-corrected chi connectivity index (χ2v) is 8.54. The van der Waals surface area contributed by atoms with Gasteiger partial charge in [-0.1, -0.05) is 12.1 Å². The van der Waals surface area contributed by atoms with E-state index >= 15 is 0 Å². The molecule has 0 aliphatic carbocycles. The van der Waals surface area contributed by atoms with Crippen LogP contribution < -0.4 is 14.8 Å². The minimum atomic E-state index is -1.00. The Bertz CT molecular complexity index is 1070. The standard InChI is InChI=1S/C21H24N4O4S/c1-14-12-16-19(30-14)22-17-6-4-5-7-18(17)25(21(27)29-15(2)28-13-26)20(16)24-10-8-23(3)9-11-24/h4-7,12-13,15H,8-11H2,1-3H3. The van der Waals surface area contributed by atoms with Gasteiger partial charge in [-0.05, 0) is 32.2 Å². The molecule has 0 N–H and O–H groups in total. The van der Waals surface area contributed by atoms with Crippen molar-refractivity contribution in [3.05, 3.63) is 45.1 Å². The molecule has 1 fully saturated rings. The highest BCUT2D eigenvalue weighted by Crippen LogP contribution is 2.34. The van der Waals surface area contributed by atoms with Crippen molar-refractivity contribution in [2.24, 2.45) is 4.99 Å². The maximum absolute atomic E-state index is 13.3. The number of likely N-dealkylation sites (N-methyl/N-ethyl adjacent to an activating group) is 1. The quantitative estimate of drug-likeness (QED) is 0.546. The number of carbonyl (C=O) groups excluding carboxylic acids is 2. The number of piperazine rings is 1. The summed E-state index contributed by atoms with van der Waals surface area (Å²) in [6.45, 7) is 7.12. The van der Waals surface area contributed by atoms with Crippen molar-refractivity contribution in [2.75, 3.05) is 38.1 Å².